The molecule has 3 nitrogen and oxygen atoms in total. The van der Waals surface area contributed by atoms with Crippen molar-refractivity contribution in [2.75, 3.05) is 0 Å². The summed E-state index contributed by atoms with van der Waals surface area (Å²) in [5.41, 5.74) is 6.12. The van der Waals surface area contributed by atoms with Gasteiger partial charge in [0.2, 0.25) is 11.7 Å². The van der Waals surface area contributed by atoms with Crippen LogP contribution in [0.4, 0.5) is 8.78 Å². The second-order valence-electron chi connectivity index (χ2n) is 4.14. The van der Waals surface area contributed by atoms with Crippen LogP contribution < -0.4 is 10.5 Å². The van der Waals surface area contributed by atoms with E-state index in [9.17, 15) is 13.6 Å². The number of hydrogen-bond acceptors (Lipinski definition) is 2. The second-order valence-corrected chi connectivity index (χ2v) is 5.06. The standard InChI is InChI=1S/C14H10BrF2NO2/c1-7-4-9(2-3-10(7)14(18)19)20-12-6-8(15)5-11(16)13(12)17/h2-6H,1H3,(H2,18,19). The highest BCUT2D eigenvalue weighted by atomic mass is 79.9. The fourth-order valence-electron chi connectivity index (χ4n) is 1.71. The number of primary amides is 1. The Labute approximate surface area is 122 Å². The lowest BCUT2D eigenvalue weighted by molar-refractivity contribution is 0.0999. The number of carbonyl (C=O) groups is 1. The molecule has 0 saturated heterocycles. The zero-order chi connectivity index (χ0) is 14.9. The van der Waals surface area contributed by atoms with E-state index >= 15 is 0 Å². The van der Waals surface area contributed by atoms with E-state index in [0.29, 0.717) is 15.6 Å². The second kappa shape index (κ2) is 5.58. The molecule has 2 aromatic carbocycles. The monoisotopic (exact) mass is 341 g/mol. The van der Waals surface area contributed by atoms with Crippen molar-refractivity contribution in [1.82, 2.24) is 0 Å². The molecule has 0 aliphatic rings. The van der Waals surface area contributed by atoms with Crippen LogP contribution in [0.5, 0.6) is 11.5 Å². The molecule has 104 valence electrons. The summed E-state index contributed by atoms with van der Waals surface area (Å²) in [7, 11) is 0. The maximum absolute atomic E-state index is 13.6. The van der Waals surface area contributed by atoms with Crippen LogP contribution >= 0.6 is 15.9 Å². The highest BCUT2D eigenvalue weighted by molar-refractivity contribution is 9.10. The Morgan fingerprint density at radius 2 is 1.95 bits per heavy atom. The number of amides is 1. The zero-order valence-electron chi connectivity index (χ0n) is 10.4. The molecule has 20 heavy (non-hydrogen) atoms. The first kappa shape index (κ1) is 14.5. The molecule has 0 heterocycles. The summed E-state index contributed by atoms with van der Waals surface area (Å²) in [4.78, 5) is 11.1. The molecule has 0 radical (unpaired) electrons. The summed E-state index contributed by atoms with van der Waals surface area (Å²) >= 11 is 3.06. The molecule has 0 spiro atoms. The molecular weight excluding hydrogens is 332 g/mol. The van der Waals surface area contributed by atoms with Crippen molar-refractivity contribution in [3.63, 3.8) is 0 Å². The van der Waals surface area contributed by atoms with Crippen molar-refractivity contribution < 1.29 is 18.3 Å². The van der Waals surface area contributed by atoms with Crippen molar-refractivity contribution in [1.29, 1.82) is 0 Å². The summed E-state index contributed by atoms with van der Waals surface area (Å²) in [5.74, 6) is -2.62. The normalized spacial score (nSPS) is 10.4. The Kier molecular flexibility index (Phi) is 4.04. The van der Waals surface area contributed by atoms with E-state index in [-0.39, 0.29) is 11.5 Å². The molecule has 1 amide bonds. The zero-order valence-corrected chi connectivity index (χ0v) is 12.0. The Balaban J connectivity index is 2.36. The lowest BCUT2D eigenvalue weighted by Gasteiger charge is -2.10. The van der Waals surface area contributed by atoms with Crippen LogP contribution in [-0.4, -0.2) is 5.91 Å². The minimum Gasteiger partial charge on any atom is -0.454 e. The van der Waals surface area contributed by atoms with E-state index < -0.39 is 17.5 Å². The highest BCUT2D eigenvalue weighted by Gasteiger charge is 2.13. The highest BCUT2D eigenvalue weighted by Crippen LogP contribution is 2.30. The van der Waals surface area contributed by atoms with Gasteiger partial charge in [0.25, 0.3) is 0 Å². The van der Waals surface area contributed by atoms with Crippen LogP contribution in [-0.2, 0) is 0 Å². The predicted molar refractivity (Wildman–Crippen MR) is 73.8 cm³/mol. The van der Waals surface area contributed by atoms with Gasteiger partial charge < -0.3 is 10.5 Å². The number of hydrogen-bond donors (Lipinski definition) is 1. The van der Waals surface area contributed by atoms with Crippen molar-refractivity contribution in [3.05, 3.63) is 57.6 Å². The molecule has 2 rings (SSSR count). The first-order chi connectivity index (χ1) is 9.38. The first-order valence-electron chi connectivity index (χ1n) is 5.61. The molecule has 0 atom stereocenters. The molecule has 0 aliphatic heterocycles. The summed E-state index contributed by atoms with van der Waals surface area (Å²) < 4.78 is 32.5. The van der Waals surface area contributed by atoms with E-state index in [0.717, 1.165) is 6.07 Å². The molecule has 0 unspecified atom stereocenters. The number of carbonyl (C=O) groups excluding carboxylic acids is 1. The lowest BCUT2D eigenvalue weighted by Crippen LogP contribution is -2.12. The topological polar surface area (TPSA) is 52.3 Å². The molecule has 6 heteroatoms. The maximum Gasteiger partial charge on any atom is 0.248 e. The average Bonchev–Trinajstić information content (AvgIpc) is 2.35. The minimum absolute atomic E-state index is 0.247. The molecule has 2 N–H and O–H groups in total. The molecular formula is C14H10BrF2NO2. The lowest BCUT2D eigenvalue weighted by atomic mass is 10.1. The summed E-state index contributed by atoms with van der Waals surface area (Å²) in [6.45, 7) is 1.67. The number of aryl methyl sites for hydroxylation is 1. The van der Waals surface area contributed by atoms with Gasteiger partial charge in [0.1, 0.15) is 5.75 Å². The number of benzene rings is 2. The maximum atomic E-state index is 13.6. The van der Waals surface area contributed by atoms with E-state index in [1.54, 1.807) is 6.92 Å². The fraction of sp³-hybridized carbons (Fsp3) is 0.0714. The van der Waals surface area contributed by atoms with Gasteiger partial charge in [-0.1, -0.05) is 15.9 Å². The number of nitrogens with two attached hydrogens (primary N) is 1. The van der Waals surface area contributed by atoms with E-state index in [1.165, 1.54) is 24.3 Å². The van der Waals surface area contributed by atoms with Gasteiger partial charge in [-0.3, -0.25) is 4.79 Å². The van der Waals surface area contributed by atoms with Gasteiger partial charge in [0, 0.05) is 10.0 Å². The number of rotatable bonds is 3. The molecule has 2 aromatic rings. The van der Waals surface area contributed by atoms with Gasteiger partial charge in [-0.15, -0.1) is 0 Å². The van der Waals surface area contributed by atoms with Gasteiger partial charge in [-0.25, -0.2) is 4.39 Å². The van der Waals surface area contributed by atoms with Crippen molar-refractivity contribution >= 4 is 21.8 Å². The molecule has 0 aromatic heterocycles. The third-order valence-electron chi connectivity index (χ3n) is 2.65. The van der Waals surface area contributed by atoms with Gasteiger partial charge in [0.05, 0.1) is 0 Å². The summed E-state index contributed by atoms with van der Waals surface area (Å²) in [6, 6.07) is 6.78. The number of ether oxygens (including phenoxy) is 1. The van der Waals surface area contributed by atoms with Crippen LogP contribution in [0.2, 0.25) is 0 Å². The third kappa shape index (κ3) is 2.96. The van der Waals surface area contributed by atoms with Crippen molar-refractivity contribution in [2.45, 2.75) is 6.92 Å². The summed E-state index contributed by atoms with van der Waals surface area (Å²) in [6.07, 6.45) is 0. The van der Waals surface area contributed by atoms with Crippen LogP contribution in [0.3, 0.4) is 0 Å². The van der Waals surface area contributed by atoms with Gasteiger partial charge in [-0.05, 0) is 42.8 Å². The fourth-order valence-corrected chi connectivity index (χ4v) is 2.12. The third-order valence-corrected chi connectivity index (χ3v) is 3.11. The first-order valence-corrected chi connectivity index (χ1v) is 6.40. The predicted octanol–water partition coefficient (Wildman–Crippen LogP) is 3.93. The Hall–Kier alpha value is -1.95. The van der Waals surface area contributed by atoms with Crippen molar-refractivity contribution in [2.24, 2.45) is 5.73 Å². The Bertz CT molecular complexity index is 689. The van der Waals surface area contributed by atoms with Crippen molar-refractivity contribution in [3.8, 4) is 11.5 Å². The quantitative estimate of drug-likeness (QED) is 0.860. The number of halogens is 3. The van der Waals surface area contributed by atoms with Gasteiger partial charge in [0.15, 0.2) is 11.6 Å². The molecule has 0 bridgehead atoms. The van der Waals surface area contributed by atoms with E-state index in [1.807, 2.05) is 0 Å². The Morgan fingerprint density at radius 1 is 1.25 bits per heavy atom. The molecule has 0 saturated carbocycles. The van der Waals surface area contributed by atoms with E-state index in [2.05, 4.69) is 15.9 Å². The van der Waals surface area contributed by atoms with Gasteiger partial charge in [-0.2, -0.15) is 4.39 Å². The minimum atomic E-state index is -1.08. The smallest absolute Gasteiger partial charge is 0.248 e. The van der Waals surface area contributed by atoms with Gasteiger partial charge >= 0.3 is 0 Å². The average molecular weight is 342 g/mol. The molecule has 0 fully saturated rings. The SMILES string of the molecule is Cc1cc(Oc2cc(Br)cc(F)c2F)ccc1C(N)=O. The molecule has 0 aliphatic carbocycles. The largest absolute Gasteiger partial charge is 0.454 e. The summed E-state index contributed by atoms with van der Waals surface area (Å²) in [5, 5.41) is 0. The Morgan fingerprint density at radius 3 is 2.55 bits per heavy atom. The van der Waals surface area contributed by atoms with Crippen LogP contribution in [0.15, 0.2) is 34.8 Å². The van der Waals surface area contributed by atoms with Crippen LogP contribution in [0.1, 0.15) is 15.9 Å². The van der Waals surface area contributed by atoms with Crippen LogP contribution in [0.25, 0.3) is 0 Å². The van der Waals surface area contributed by atoms with Crippen LogP contribution in [0, 0.1) is 18.6 Å². The van der Waals surface area contributed by atoms with E-state index in [4.69, 9.17) is 10.5 Å².